The third kappa shape index (κ3) is 6.11. The molecular formula is C13H20ClNO. The van der Waals surface area contributed by atoms with E-state index in [4.69, 9.17) is 16.3 Å². The maximum absolute atomic E-state index is 5.81. The van der Waals surface area contributed by atoms with E-state index in [0.717, 1.165) is 44.2 Å². The average Bonchev–Trinajstić information content (AvgIpc) is 2.30. The maximum atomic E-state index is 5.81. The van der Waals surface area contributed by atoms with Gasteiger partial charge in [-0.05, 0) is 50.6 Å². The van der Waals surface area contributed by atoms with Crippen molar-refractivity contribution in [3.8, 4) is 0 Å². The Labute approximate surface area is 103 Å². The third-order valence-corrected chi connectivity index (χ3v) is 2.60. The van der Waals surface area contributed by atoms with Crippen LogP contribution in [0, 0.1) is 0 Å². The second-order valence-electron chi connectivity index (χ2n) is 3.68. The molecule has 0 atom stereocenters. The van der Waals surface area contributed by atoms with Crippen LogP contribution in [0.1, 0.15) is 18.9 Å². The summed E-state index contributed by atoms with van der Waals surface area (Å²) in [7, 11) is 0. The SMILES string of the molecule is CCOCCCNCCc1ccc(Cl)cc1. The van der Waals surface area contributed by atoms with Gasteiger partial charge in [0.2, 0.25) is 0 Å². The summed E-state index contributed by atoms with van der Waals surface area (Å²) in [5.41, 5.74) is 1.32. The van der Waals surface area contributed by atoms with Gasteiger partial charge in [-0.1, -0.05) is 23.7 Å². The van der Waals surface area contributed by atoms with Crippen molar-refractivity contribution in [3.63, 3.8) is 0 Å². The second-order valence-corrected chi connectivity index (χ2v) is 4.11. The topological polar surface area (TPSA) is 21.3 Å². The molecule has 2 nitrogen and oxygen atoms in total. The molecule has 0 saturated heterocycles. The lowest BCUT2D eigenvalue weighted by Crippen LogP contribution is -2.19. The number of ether oxygens (including phenoxy) is 1. The Balaban J connectivity index is 2.01. The lowest BCUT2D eigenvalue weighted by Gasteiger charge is -2.05. The highest BCUT2D eigenvalue weighted by Crippen LogP contribution is 2.09. The minimum atomic E-state index is 0.799. The van der Waals surface area contributed by atoms with Crippen molar-refractivity contribution in [2.24, 2.45) is 0 Å². The highest BCUT2D eigenvalue weighted by atomic mass is 35.5. The van der Waals surface area contributed by atoms with Crippen LogP contribution in [0.25, 0.3) is 0 Å². The molecule has 0 aromatic heterocycles. The minimum absolute atomic E-state index is 0.799. The van der Waals surface area contributed by atoms with Crippen LogP contribution in [-0.2, 0) is 11.2 Å². The van der Waals surface area contributed by atoms with E-state index in [1.54, 1.807) is 0 Å². The number of benzene rings is 1. The molecule has 0 aliphatic carbocycles. The zero-order valence-corrected chi connectivity index (χ0v) is 10.6. The average molecular weight is 242 g/mol. The molecule has 0 amide bonds. The molecule has 0 saturated carbocycles. The van der Waals surface area contributed by atoms with Crippen molar-refractivity contribution in [1.82, 2.24) is 5.32 Å². The number of rotatable bonds is 8. The summed E-state index contributed by atoms with van der Waals surface area (Å²) in [5.74, 6) is 0. The van der Waals surface area contributed by atoms with Crippen molar-refractivity contribution in [1.29, 1.82) is 0 Å². The minimum Gasteiger partial charge on any atom is -0.382 e. The van der Waals surface area contributed by atoms with Gasteiger partial charge >= 0.3 is 0 Å². The molecule has 0 heterocycles. The Morgan fingerprint density at radius 2 is 1.94 bits per heavy atom. The summed E-state index contributed by atoms with van der Waals surface area (Å²) in [6.07, 6.45) is 2.13. The van der Waals surface area contributed by atoms with Gasteiger partial charge in [-0.3, -0.25) is 0 Å². The molecule has 1 rings (SSSR count). The molecule has 0 aliphatic heterocycles. The molecule has 16 heavy (non-hydrogen) atoms. The smallest absolute Gasteiger partial charge is 0.0477 e. The summed E-state index contributed by atoms with van der Waals surface area (Å²) in [6, 6.07) is 8.02. The molecule has 0 fully saturated rings. The predicted octanol–water partition coefficient (Wildman–Crippen LogP) is 2.90. The van der Waals surface area contributed by atoms with Crippen LogP contribution in [0.4, 0.5) is 0 Å². The van der Waals surface area contributed by atoms with Crippen molar-refractivity contribution >= 4 is 11.6 Å². The largest absolute Gasteiger partial charge is 0.382 e. The van der Waals surface area contributed by atoms with Gasteiger partial charge in [0.25, 0.3) is 0 Å². The van der Waals surface area contributed by atoms with Crippen LogP contribution < -0.4 is 5.32 Å². The summed E-state index contributed by atoms with van der Waals surface area (Å²) >= 11 is 5.81. The van der Waals surface area contributed by atoms with E-state index in [-0.39, 0.29) is 0 Å². The highest BCUT2D eigenvalue weighted by Gasteiger charge is 1.93. The molecule has 1 N–H and O–H groups in total. The van der Waals surface area contributed by atoms with E-state index in [1.807, 2.05) is 19.1 Å². The first-order chi connectivity index (χ1) is 7.83. The van der Waals surface area contributed by atoms with Crippen LogP contribution in [0.2, 0.25) is 5.02 Å². The molecule has 1 aromatic carbocycles. The van der Waals surface area contributed by atoms with E-state index in [2.05, 4.69) is 17.4 Å². The molecule has 0 unspecified atom stereocenters. The quantitative estimate of drug-likeness (QED) is 0.707. The molecule has 90 valence electrons. The van der Waals surface area contributed by atoms with Gasteiger partial charge in [-0.25, -0.2) is 0 Å². The van der Waals surface area contributed by atoms with E-state index in [9.17, 15) is 0 Å². The number of hydrogen-bond acceptors (Lipinski definition) is 2. The first-order valence-electron chi connectivity index (χ1n) is 5.86. The van der Waals surface area contributed by atoms with Crippen molar-refractivity contribution < 1.29 is 4.74 Å². The van der Waals surface area contributed by atoms with Gasteiger partial charge in [0.05, 0.1) is 0 Å². The summed E-state index contributed by atoms with van der Waals surface area (Å²) in [4.78, 5) is 0. The molecule has 0 radical (unpaired) electrons. The molecule has 1 aromatic rings. The van der Waals surface area contributed by atoms with Crippen molar-refractivity contribution in [2.45, 2.75) is 19.8 Å². The maximum Gasteiger partial charge on any atom is 0.0477 e. The van der Waals surface area contributed by atoms with Crippen molar-refractivity contribution in [3.05, 3.63) is 34.9 Å². The van der Waals surface area contributed by atoms with E-state index < -0.39 is 0 Å². The van der Waals surface area contributed by atoms with Crippen LogP contribution in [-0.4, -0.2) is 26.3 Å². The highest BCUT2D eigenvalue weighted by molar-refractivity contribution is 6.30. The Kier molecular flexibility index (Phi) is 7.23. The first kappa shape index (κ1) is 13.5. The molecule has 3 heteroatoms. The van der Waals surface area contributed by atoms with E-state index >= 15 is 0 Å². The van der Waals surface area contributed by atoms with Gasteiger partial charge in [0.1, 0.15) is 0 Å². The third-order valence-electron chi connectivity index (χ3n) is 2.35. The summed E-state index contributed by atoms with van der Waals surface area (Å²) < 4.78 is 5.26. The molecule has 0 aliphatic rings. The summed E-state index contributed by atoms with van der Waals surface area (Å²) in [5, 5.41) is 4.19. The monoisotopic (exact) mass is 241 g/mol. The lowest BCUT2D eigenvalue weighted by molar-refractivity contribution is 0.145. The molecule has 0 bridgehead atoms. The standard InChI is InChI=1S/C13H20ClNO/c1-2-16-11-3-9-15-10-8-12-4-6-13(14)7-5-12/h4-7,15H,2-3,8-11H2,1H3. The summed E-state index contributed by atoms with van der Waals surface area (Å²) in [6.45, 7) is 5.71. The molecular weight excluding hydrogens is 222 g/mol. The first-order valence-corrected chi connectivity index (χ1v) is 6.23. The van der Waals surface area contributed by atoms with E-state index in [1.165, 1.54) is 5.56 Å². The number of halogens is 1. The van der Waals surface area contributed by atoms with Crippen molar-refractivity contribution in [2.75, 3.05) is 26.3 Å². The zero-order valence-electron chi connectivity index (χ0n) is 9.84. The van der Waals surface area contributed by atoms with Crippen LogP contribution in [0.15, 0.2) is 24.3 Å². The van der Waals surface area contributed by atoms with Gasteiger partial charge < -0.3 is 10.1 Å². The Morgan fingerprint density at radius 1 is 1.19 bits per heavy atom. The van der Waals surface area contributed by atoms with Crippen LogP contribution in [0.5, 0.6) is 0 Å². The number of nitrogens with one attached hydrogen (secondary N) is 1. The van der Waals surface area contributed by atoms with Gasteiger partial charge in [0, 0.05) is 18.2 Å². The van der Waals surface area contributed by atoms with E-state index in [0.29, 0.717) is 0 Å². The second kappa shape index (κ2) is 8.57. The fourth-order valence-electron chi connectivity index (χ4n) is 1.45. The Hall–Kier alpha value is -0.570. The normalized spacial score (nSPS) is 10.6. The zero-order chi connectivity index (χ0) is 11.6. The van der Waals surface area contributed by atoms with Gasteiger partial charge in [0.15, 0.2) is 0 Å². The molecule has 0 spiro atoms. The Bertz CT molecular complexity index is 274. The fourth-order valence-corrected chi connectivity index (χ4v) is 1.58. The van der Waals surface area contributed by atoms with Gasteiger partial charge in [-0.15, -0.1) is 0 Å². The van der Waals surface area contributed by atoms with Gasteiger partial charge in [-0.2, -0.15) is 0 Å². The van der Waals surface area contributed by atoms with Crippen LogP contribution >= 0.6 is 11.6 Å². The Morgan fingerprint density at radius 3 is 2.62 bits per heavy atom. The fraction of sp³-hybridized carbons (Fsp3) is 0.538. The lowest BCUT2D eigenvalue weighted by atomic mass is 10.1. The van der Waals surface area contributed by atoms with Crippen LogP contribution in [0.3, 0.4) is 0 Å². The predicted molar refractivity (Wildman–Crippen MR) is 69.1 cm³/mol. The number of hydrogen-bond donors (Lipinski definition) is 1.